The molecule has 2 aliphatic rings. The molecule has 0 aliphatic carbocycles. The number of hydrogen-bond acceptors (Lipinski definition) is 7. The number of carbonyl (C=O) groups excluding carboxylic acids is 4. The third kappa shape index (κ3) is 4.42. The van der Waals surface area contributed by atoms with Crippen LogP contribution in [0.2, 0.25) is 0 Å². The lowest BCUT2D eigenvalue weighted by Crippen LogP contribution is -2.75. The second-order valence-corrected chi connectivity index (χ2v) is 9.15. The average Bonchev–Trinajstić information content (AvgIpc) is 2.93. The Morgan fingerprint density at radius 1 is 1.03 bits per heavy atom. The summed E-state index contributed by atoms with van der Waals surface area (Å²) in [5, 5.41) is 3.02. The largest absolute Gasteiger partial charge is 0.465 e. The van der Waals surface area contributed by atoms with E-state index >= 15 is 0 Å². The fraction of sp³-hybridized carbons (Fsp3) is 0.818. The van der Waals surface area contributed by atoms with Crippen LogP contribution in [-0.2, 0) is 23.9 Å². The molecule has 2 rings (SSSR count). The number of urea groups is 1. The molecule has 0 radical (unpaired) electrons. The van der Waals surface area contributed by atoms with Crippen LogP contribution in [0.15, 0.2) is 0 Å². The van der Waals surface area contributed by atoms with E-state index in [1.54, 1.807) is 0 Å². The number of hydrogen-bond donors (Lipinski definition) is 1. The number of ether oxygens (including phenoxy) is 2. The highest BCUT2D eigenvalue weighted by molar-refractivity contribution is 6.07. The minimum absolute atomic E-state index is 0.0243. The first-order valence-electron chi connectivity index (χ1n) is 11.1. The zero-order chi connectivity index (χ0) is 23.6. The lowest BCUT2D eigenvalue weighted by Gasteiger charge is -2.63. The van der Waals surface area contributed by atoms with Gasteiger partial charge in [0.2, 0.25) is 0 Å². The zero-order valence-corrected chi connectivity index (χ0v) is 19.9. The predicted octanol–water partition coefficient (Wildman–Crippen LogP) is 2.08. The van der Waals surface area contributed by atoms with Crippen molar-refractivity contribution in [2.24, 2.45) is 5.92 Å². The Hall–Kier alpha value is -2.16. The molecule has 9 heteroatoms. The molecule has 0 aromatic carbocycles. The van der Waals surface area contributed by atoms with Crippen molar-refractivity contribution in [3.8, 4) is 0 Å². The second kappa shape index (κ2) is 9.14. The number of imide groups is 1. The Morgan fingerprint density at radius 2 is 1.58 bits per heavy atom. The number of amides is 3. The number of likely N-dealkylation sites (tertiary alicyclic amines) is 1. The van der Waals surface area contributed by atoms with E-state index in [0.29, 0.717) is 13.0 Å². The Morgan fingerprint density at radius 3 is 2.06 bits per heavy atom. The van der Waals surface area contributed by atoms with E-state index in [1.165, 1.54) is 18.7 Å². The van der Waals surface area contributed by atoms with Crippen LogP contribution < -0.4 is 5.32 Å². The van der Waals surface area contributed by atoms with E-state index in [2.05, 4.69) is 37.9 Å². The number of piperidine rings is 1. The van der Waals surface area contributed by atoms with Gasteiger partial charge in [-0.3, -0.25) is 24.2 Å². The third-order valence-electron chi connectivity index (χ3n) is 7.52. The van der Waals surface area contributed by atoms with E-state index < -0.39 is 28.6 Å². The minimum Gasteiger partial charge on any atom is -0.465 e. The van der Waals surface area contributed by atoms with Crippen molar-refractivity contribution in [1.29, 1.82) is 0 Å². The van der Waals surface area contributed by atoms with E-state index in [4.69, 9.17) is 9.47 Å². The van der Waals surface area contributed by atoms with E-state index in [9.17, 15) is 19.2 Å². The number of nitrogens with zero attached hydrogens (tertiary/aromatic N) is 2. The standard InChI is InChI=1S/C22H37N3O6/c1-8-20(6)14-22(18(28)24(19(29)23-22)10-12-30-16(4)26)15(3)21(7,9-2)25(20)11-13-31-17(5)27/h15H,8-14H2,1-7H3,(H,23,29). The predicted molar refractivity (Wildman–Crippen MR) is 114 cm³/mol. The summed E-state index contributed by atoms with van der Waals surface area (Å²) in [5.41, 5.74) is -1.86. The zero-order valence-electron chi connectivity index (χ0n) is 19.9. The number of carbonyl (C=O) groups is 4. The Kier molecular flexibility index (Phi) is 7.40. The molecule has 2 saturated heterocycles. The summed E-state index contributed by atoms with van der Waals surface area (Å²) >= 11 is 0. The highest BCUT2D eigenvalue weighted by Crippen LogP contribution is 2.51. The van der Waals surface area contributed by atoms with Crippen molar-refractivity contribution < 1.29 is 28.7 Å². The fourth-order valence-corrected chi connectivity index (χ4v) is 5.39. The average molecular weight is 440 g/mol. The molecule has 1 N–H and O–H groups in total. The molecule has 176 valence electrons. The van der Waals surface area contributed by atoms with Crippen LogP contribution in [0.3, 0.4) is 0 Å². The molecule has 2 aliphatic heterocycles. The summed E-state index contributed by atoms with van der Waals surface area (Å²) in [6.07, 6.45) is 1.96. The first kappa shape index (κ1) is 25.1. The molecule has 0 aromatic heterocycles. The van der Waals surface area contributed by atoms with Crippen LogP contribution in [0.5, 0.6) is 0 Å². The van der Waals surface area contributed by atoms with Gasteiger partial charge in [0.1, 0.15) is 18.8 Å². The highest BCUT2D eigenvalue weighted by atomic mass is 16.5. The van der Waals surface area contributed by atoms with Gasteiger partial charge in [0.05, 0.1) is 6.54 Å². The van der Waals surface area contributed by atoms with Crippen molar-refractivity contribution in [2.75, 3.05) is 26.3 Å². The Balaban J connectivity index is 2.38. The summed E-state index contributed by atoms with van der Waals surface area (Å²) in [7, 11) is 0. The van der Waals surface area contributed by atoms with Crippen LogP contribution in [-0.4, -0.2) is 76.6 Å². The summed E-state index contributed by atoms with van der Waals surface area (Å²) in [4.78, 5) is 52.3. The SMILES string of the molecule is CCC1(C)CC2(NC(=O)N(CCOC(C)=O)C2=O)C(C)C(C)(CC)N1CCOC(C)=O. The number of nitrogens with one attached hydrogen (secondary N) is 1. The summed E-state index contributed by atoms with van der Waals surface area (Å²) in [6, 6.07) is -0.450. The maximum atomic E-state index is 13.6. The molecular weight excluding hydrogens is 402 g/mol. The van der Waals surface area contributed by atoms with Crippen molar-refractivity contribution in [3.63, 3.8) is 0 Å². The van der Waals surface area contributed by atoms with E-state index in [0.717, 1.165) is 12.8 Å². The van der Waals surface area contributed by atoms with Gasteiger partial charge in [-0.05, 0) is 33.1 Å². The summed E-state index contributed by atoms with van der Waals surface area (Å²) in [6.45, 7) is 13.9. The van der Waals surface area contributed by atoms with E-state index in [-0.39, 0.29) is 37.6 Å². The van der Waals surface area contributed by atoms with Crippen LogP contribution in [0.1, 0.15) is 67.7 Å². The molecule has 2 fully saturated rings. The van der Waals surface area contributed by atoms with Crippen LogP contribution in [0, 0.1) is 5.92 Å². The molecule has 3 amide bonds. The van der Waals surface area contributed by atoms with Crippen molar-refractivity contribution in [1.82, 2.24) is 15.1 Å². The molecule has 1 spiro atoms. The maximum Gasteiger partial charge on any atom is 0.325 e. The van der Waals surface area contributed by atoms with Crippen LogP contribution in [0.25, 0.3) is 0 Å². The fourth-order valence-electron chi connectivity index (χ4n) is 5.39. The van der Waals surface area contributed by atoms with Gasteiger partial charge in [-0.25, -0.2) is 4.79 Å². The van der Waals surface area contributed by atoms with Gasteiger partial charge in [0, 0.05) is 37.4 Å². The van der Waals surface area contributed by atoms with Crippen molar-refractivity contribution in [3.05, 3.63) is 0 Å². The summed E-state index contributed by atoms with van der Waals surface area (Å²) in [5.74, 6) is -1.24. The van der Waals surface area contributed by atoms with Gasteiger partial charge in [0.25, 0.3) is 5.91 Å². The quantitative estimate of drug-likeness (QED) is 0.456. The Bertz CT molecular complexity index is 743. The van der Waals surface area contributed by atoms with Crippen LogP contribution >= 0.6 is 0 Å². The lowest BCUT2D eigenvalue weighted by atomic mass is 9.60. The minimum atomic E-state index is -1.04. The van der Waals surface area contributed by atoms with Gasteiger partial charge in [-0.15, -0.1) is 0 Å². The molecule has 0 saturated carbocycles. The highest BCUT2D eigenvalue weighted by Gasteiger charge is 2.66. The molecule has 4 unspecified atom stereocenters. The molecule has 0 bridgehead atoms. The van der Waals surface area contributed by atoms with Crippen molar-refractivity contribution in [2.45, 2.75) is 84.3 Å². The molecular formula is C22H37N3O6. The van der Waals surface area contributed by atoms with Crippen LogP contribution in [0.4, 0.5) is 4.79 Å². The van der Waals surface area contributed by atoms with Gasteiger partial charge in [-0.2, -0.15) is 0 Å². The normalized spacial score (nSPS) is 33.5. The molecule has 31 heavy (non-hydrogen) atoms. The number of rotatable bonds is 8. The third-order valence-corrected chi connectivity index (χ3v) is 7.52. The topological polar surface area (TPSA) is 105 Å². The number of esters is 2. The first-order chi connectivity index (χ1) is 14.4. The molecule has 4 atom stereocenters. The van der Waals surface area contributed by atoms with Gasteiger partial charge in [0.15, 0.2) is 0 Å². The maximum absolute atomic E-state index is 13.6. The van der Waals surface area contributed by atoms with E-state index in [1.807, 2.05) is 6.92 Å². The smallest absolute Gasteiger partial charge is 0.325 e. The van der Waals surface area contributed by atoms with Gasteiger partial charge in [-0.1, -0.05) is 20.8 Å². The van der Waals surface area contributed by atoms with Crippen molar-refractivity contribution >= 4 is 23.9 Å². The Labute approximate surface area is 184 Å². The summed E-state index contributed by atoms with van der Waals surface area (Å²) < 4.78 is 10.2. The second-order valence-electron chi connectivity index (χ2n) is 9.15. The lowest BCUT2D eigenvalue weighted by molar-refractivity contribution is -0.160. The van der Waals surface area contributed by atoms with Gasteiger partial charge < -0.3 is 14.8 Å². The molecule has 0 aromatic rings. The van der Waals surface area contributed by atoms with Gasteiger partial charge >= 0.3 is 18.0 Å². The molecule has 9 nitrogen and oxygen atoms in total. The monoisotopic (exact) mass is 439 g/mol. The first-order valence-corrected chi connectivity index (χ1v) is 11.1. The molecule has 2 heterocycles.